The van der Waals surface area contributed by atoms with E-state index in [0.717, 1.165) is 24.8 Å². The molecule has 0 aromatic heterocycles. The predicted molar refractivity (Wildman–Crippen MR) is 85.4 cm³/mol. The molecule has 3 atom stereocenters. The van der Waals surface area contributed by atoms with Gasteiger partial charge in [0.15, 0.2) is 0 Å². The molecule has 0 aliphatic heterocycles. The first-order valence-corrected chi connectivity index (χ1v) is 9.10. The number of rotatable bonds is 4. The lowest BCUT2D eigenvalue weighted by Gasteiger charge is -2.33. The molecule has 0 bridgehead atoms. The maximum atomic E-state index is 12.8. The van der Waals surface area contributed by atoms with Gasteiger partial charge in [-0.05, 0) is 43.4 Å². The molecule has 1 aliphatic rings. The molecule has 5 heteroatoms. The molecule has 118 valence electrons. The van der Waals surface area contributed by atoms with Gasteiger partial charge in [0.25, 0.3) is 0 Å². The Morgan fingerprint density at radius 1 is 1.33 bits per heavy atom. The fraction of sp³-hybridized carbons (Fsp3) is 0.625. The third kappa shape index (κ3) is 3.65. The van der Waals surface area contributed by atoms with Crippen LogP contribution in [0.5, 0.6) is 0 Å². The molecule has 0 spiro atoms. The normalized spacial score (nSPS) is 25.0. The Morgan fingerprint density at radius 3 is 2.67 bits per heavy atom. The molecule has 0 saturated heterocycles. The van der Waals surface area contributed by atoms with Crippen LogP contribution in [0.1, 0.15) is 51.1 Å². The van der Waals surface area contributed by atoms with Crippen LogP contribution in [0.15, 0.2) is 29.2 Å². The molecule has 21 heavy (non-hydrogen) atoms. The largest absolute Gasteiger partial charge is 0.324 e. The van der Waals surface area contributed by atoms with Crippen molar-refractivity contribution in [3.8, 4) is 0 Å². The SMILES string of the molecule is CC1CCCC(N(C)S(=O)(=O)c2cccc(C(C)N)c2)C1. The molecule has 1 aromatic carbocycles. The van der Waals surface area contributed by atoms with Crippen LogP contribution < -0.4 is 5.73 Å². The van der Waals surface area contributed by atoms with Crippen molar-refractivity contribution in [3.63, 3.8) is 0 Å². The van der Waals surface area contributed by atoms with Crippen LogP contribution in [0.3, 0.4) is 0 Å². The second kappa shape index (κ2) is 6.46. The molecule has 1 saturated carbocycles. The van der Waals surface area contributed by atoms with Gasteiger partial charge in [-0.25, -0.2) is 8.42 Å². The summed E-state index contributed by atoms with van der Waals surface area (Å²) in [4.78, 5) is 0.345. The Morgan fingerprint density at radius 2 is 2.05 bits per heavy atom. The van der Waals surface area contributed by atoms with Crippen LogP contribution in [-0.4, -0.2) is 25.8 Å². The van der Waals surface area contributed by atoms with Crippen molar-refractivity contribution >= 4 is 10.0 Å². The maximum Gasteiger partial charge on any atom is 0.243 e. The summed E-state index contributed by atoms with van der Waals surface area (Å²) in [5.74, 6) is 0.594. The first-order valence-electron chi connectivity index (χ1n) is 7.66. The van der Waals surface area contributed by atoms with Crippen molar-refractivity contribution in [2.45, 2.75) is 56.5 Å². The molecular weight excluding hydrogens is 284 g/mol. The molecule has 1 aromatic rings. The zero-order valence-electron chi connectivity index (χ0n) is 13.1. The highest BCUT2D eigenvalue weighted by Gasteiger charge is 2.31. The van der Waals surface area contributed by atoms with Crippen LogP contribution in [0.4, 0.5) is 0 Å². The highest BCUT2D eigenvalue weighted by Crippen LogP contribution is 2.30. The second-order valence-corrected chi connectivity index (χ2v) is 8.31. The minimum atomic E-state index is -3.44. The molecule has 2 rings (SSSR count). The summed E-state index contributed by atoms with van der Waals surface area (Å²) in [5.41, 5.74) is 6.70. The van der Waals surface area contributed by atoms with E-state index in [1.54, 1.807) is 29.6 Å². The zero-order valence-corrected chi connectivity index (χ0v) is 13.9. The van der Waals surface area contributed by atoms with E-state index in [4.69, 9.17) is 5.73 Å². The van der Waals surface area contributed by atoms with Gasteiger partial charge in [0.1, 0.15) is 0 Å². The highest BCUT2D eigenvalue weighted by atomic mass is 32.2. The van der Waals surface area contributed by atoms with Gasteiger partial charge >= 0.3 is 0 Å². The second-order valence-electron chi connectivity index (χ2n) is 6.31. The van der Waals surface area contributed by atoms with Gasteiger partial charge in [-0.3, -0.25) is 0 Å². The quantitative estimate of drug-likeness (QED) is 0.930. The summed E-state index contributed by atoms with van der Waals surface area (Å²) in [7, 11) is -1.74. The summed E-state index contributed by atoms with van der Waals surface area (Å²) < 4.78 is 27.2. The fourth-order valence-corrected chi connectivity index (χ4v) is 4.51. The van der Waals surface area contributed by atoms with E-state index >= 15 is 0 Å². The Hall–Kier alpha value is -0.910. The number of hydrogen-bond donors (Lipinski definition) is 1. The van der Waals surface area contributed by atoms with Crippen LogP contribution in [0.2, 0.25) is 0 Å². The van der Waals surface area contributed by atoms with Crippen LogP contribution in [0.25, 0.3) is 0 Å². The molecule has 0 heterocycles. The van der Waals surface area contributed by atoms with Crippen molar-refractivity contribution in [1.29, 1.82) is 0 Å². The Bertz CT molecular complexity index is 584. The topological polar surface area (TPSA) is 63.4 Å². The van der Waals surface area contributed by atoms with Gasteiger partial charge in [-0.2, -0.15) is 4.31 Å². The third-order valence-corrected chi connectivity index (χ3v) is 6.39. The van der Waals surface area contributed by atoms with Crippen LogP contribution >= 0.6 is 0 Å². The monoisotopic (exact) mass is 310 g/mol. The van der Waals surface area contributed by atoms with Crippen molar-refractivity contribution in [1.82, 2.24) is 4.31 Å². The molecule has 1 aliphatic carbocycles. The average molecular weight is 310 g/mol. The van der Waals surface area contributed by atoms with Crippen molar-refractivity contribution in [3.05, 3.63) is 29.8 Å². The van der Waals surface area contributed by atoms with Crippen molar-refractivity contribution in [2.24, 2.45) is 11.7 Å². The zero-order chi connectivity index (χ0) is 15.6. The van der Waals surface area contributed by atoms with E-state index in [-0.39, 0.29) is 12.1 Å². The third-order valence-electron chi connectivity index (χ3n) is 4.48. The summed E-state index contributed by atoms with van der Waals surface area (Å²) in [6, 6.07) is 6.93. The molecule has 0 radical (unpaired) electrons. The summed E-state index contributed by atoms with van der Waals surface area (Å²) in [6.45, 7) is 4.06. The summed E-state index contributed by atoms with van der Waals surface area (Å²) >= 11 is 0. The Labute approximate surface area is 128 Å². The minimum absolute atomic E-state index is 0.109. The summed E-state index contributed by atoms with van der Waals surface area (Å²) in [5, 5.41) is 0. The maximum absolute atomic E-state index is 12.8. The highest BCUT2D eigenvalue weighted by molar-refractivity contribution is 7.89. The first-order chi connectivity index (χ1) is 9.82. The van der Waals surface area contributed by atoms with E-state index in [1.165, 1.54) is 6.42 Å². The molecule has 1 fully saturated rings. The Balaban J connectivity index is 2.26. The van der Waals surface area contributed by atoms with Gasteiger partial charge < -0.3 is 5.73 Å². The van der Waals surface area contributed by atoms with Gasteiger partial charge in [-0.15, -0.1) is 0 Å². The van der Waals surface area contributed by atoms with Crippen molar-refractivity contribution in [2.75, 3.05) is 7.05 Å². The first kappa shape index (κ1) is 16.5. The summed E-state index contributed by atoms with van der Waals surface area (Å²) in [6.07, 6.45) is 4.20. The number of benzene rings is 1. The molecule has 4 nitrogen and oxygen atoms in total. The fourth-order valence-electron chi connectivity index (χ4n) is 3.05. The van der Waals surface area contributed by atoms with E-state index in [1.807, 2.05) is 13.0 Å². The van der Waals surface area contributed by atoms with Crippen molar-refractivity contribution < 1.29 is 8.42 Å². The van der Waals surface area contributed by atoms with E-state index in [2.05, 4.69) is 6.92 Å². The smallest absolute Gasteiger partial charge is 0.243 e. The molecule has 0 amide bonds. The number of hydrogen-bond acceptors (Lipinski definition) is 3. The lowest BCUT2D eigenvalue weighted by Crippen LogP contribution is -2.39. The van der Waals surface area contributed by atoms with Gasteiger partial charge in [0.05, 0.1) is 4.90 Å². The minimum Gasteiger partial charge on any atom is -0.324 e. The van der Waals surface area contributed by atoms with E-state index in [9.17, 15) is 8.42 Å². The van der Waals surface area contributed by atoms with Gasteiger partial charge in [0.2, 0.25) is 10.0 Å². The molecule has 2 N–H and O–H groups in total. The molecule has 3 unspecified atom stereocenters. The standard InChI is InChI=1S/C16H26N2O2S/c1-12-6-4-8-15(10-12)18(3)21(19,20)16-9-5-7-14(11-16)13(2)17/h5,7,9,11-13,15H,4,6,8,10,17H2,1-3H3. The average Bonchev–Trinajstić information content (AvgIpc) is 2.46. The number of sulfonamides is 1. The Kier molecular flexibility index (Phi) is 5.07. The number of nitrogens with zero attached hydrogens (tertiary/aromatic N) is 1. The molecular formula is C16H26N2O2S. The van der Waals surface area contributed by atoms with E-state index < -0.39 is 10.0 Å². The van der Waals surface area contributed by atoms with E-state index in [0.29, 0.717) is 10.8 Å². The lowest BCUT2D eigenvalue weighted by atomic mass is 9.87. The lowest BCUT2D eigenvalue weighted by molar-refractivity contribution is 0.239. The number of nitrogens with two attached hydrogens (primary N) is 1. The van der Waals surface area contributed by atoms with Crippen LogP contribution in [-0.2, 0) is 10.0 Å². The van der Waals surface area contributed by atoms with Gasteiger partial charge in [-0.1, -0.05) is 31.9 Å². The predicted octanol–water partition coefficient (Wildman–Crippen LogP) is 2.91. The van der Waals surface area contributed by atoms with Crippen LogP contribution in [0, 0.1) is 5.92 Å². The van der Waals surface area contributed by atoms with Gasteiger partial charge in [0, 0.05) is 19.1 Å².